The number of rotatable bonds is 2. The van der Waals surface area contributed by atoms with E-state index in [0.29, 0.717) is 16.3 Å². The van der Waals surface area contributed by atoms with Crippen molar-refractivity contribution in [2.45, 2.75) is 45.6 Å². The van der Waals surface area contributed by atoms with Crippen molar-refractivity contribution in [3.8, 4) is 0 Å². The van der Waals surface area contributed by atoms with Crippen LogP contribution in [0.25, 0.3) is 0 Å². The van der Waals surface area contributed by atoms with Crippen molar-refractivity contribution in [3.63, 3.8) is 0 Å². The van der Waals surface area contributed by atoms with Crippen LogP contribution >= 0.6 is 24.4 Å². The number of hydrazine groups is 1. The summed E-state index contributed by atoms with van der Waals surface area (Å²) in [6.45, 7) is 4.14. The standard InChI is InChI=1S/C17H24N4S2/c1-10-3-6-14(11(2)7-10)18-16(22)20-21-17(23)19-15-9-12-4-5-13(15)8-12/h3,6-7,12-13,15H,4-5,8-9H2,1-2H3,(H2,18,20,22)(H2,19,21,23)/t12-,13+,15+/m0/s1. The lowest BCUT2D eigenvalue weighted by atomic mass is 9.96. The lowest BCUT2D eigenvalue weighted by Crippen LogP contribution is -2.51. The molecule has 4 nitrogen and oxygen atoms in total. The highest BCUT2D eigenvalue weighted by atomic mass is 32.1. The summed E-state index contributed by atoms with van der Waals surface area (Å²) >= 11 is 10.7. The summed E-state index contributed by atoms with van der Waals surface area (Å²) in [4.78, 5) is 0. The van der Waals surface area contributed by atoms with Crippen molar-refractivity contribution in [2.75, 3.05) is 5.32 Å². The molecule has 124 valence electrons. The molecule has 2 aliphatic carbocycles. The van der Waals surface area contributed by atoms with Gasteiger partial charge in [0.05, 0.1) is 0 Å². The molecule has 0 spiro atoms. The van der Waals surface area contributed by atoms with Crippen molar-refractivity contribution in [2.24, 2.45) is 11.8 Å². The summed E-state index contributed by atoms with van der Waals surface area (Å²) in [5, 5.41) is 7.73. The van der Waals surface area contributed by atoms with Gasteiger partial charge >= 0.3 is 0 Å². The molecule has 6 heteroatoms. The molecule has 1 aromatic carbocycles. The maximum atomic E-state index is 5.36. The summed E-state index contributed by atoms with van der Waals surface area (Å²) in [5.74, 6) is 1.69. The van der Waals surface area contributed by atoms with Gasteiger partial charge in [0.15, 0.2) is 10.2 Å². The van der Waals surface area contributed by atoms with E-state index in [9.17, 15) is 0 Å². The fraction of sp³-hybridized carbons (Fsp3) is 0.529. The van der Waals surface area contributed by atoms with Gasteiger partial charge in [-0.05, 0) is 81.0 Å². The maximum Gasteiger partial charge on any atom is 0.189 e. The molecule has 23 heavy (non-hydrogen) atoms. The summed E-state index contributed by atoms with van der Waals surface area (Å²) in [6, 6.07) is 6.74. The molecule has 3 rings (SSSR count). The summed E-state index contributed by atoms with van der Waals surface area (Å²) < 4.78 is 0. The number of thiocarbonyl (C=S) groups is 2. The van der Waals surface area contributed by atoms with Crippen molar-refractivity contribution >= 4 is 40.3 Å². The van der Waals surface area contributed by atoms with E-state index in [4.69, 9.17) is 24.4 Å². The Balaban J connectivity index is 1.42. The van der Waals surface area contributed by atoms with Crippen LogP contribution in [0.15, 0.2) is 18.2 Å². The zero-order chi connectivity index (χ0) is 16.4. The third-order valence-corrected chi connectivity index (χ3v) is 5.40. The van der Waals surface area contributed by atoms with Crippen LogP contribution in [0.1, 0.15) is 36.8 Å². The van der Waals surface area contributed by atoms with Gasteiger partial charge in [0.2, 0.25) is 0 Å². The van der Waals surface area contributed by atoms with Crippen LogP contribution in [0, 0.1) is 25.7 Å². The first kappa shape index (κ1) is 16.5. The maximum absolute atomic E-state index is 5.36. The van der Waals surface area contributed by atoms with Gasteiger partial charge in [-0.2, -0.15) is 0 Å². The molecule has 4 N–H and O–H groups in total. The lowest BCUT2D eigenvalue weighted by Gasteiger charge is -2.25. The Kier molecular flexibility index (Phi) is 5.02. The molecule has 1 aromatic rings. The highest BCUT2D eigenvalue weighted by Gasteiger charge is 2.39. The molecule has 0 aliphatic heterocycles. The zero-order valence-electron chi connectivity index (χ0n) is 13.6. The van der Waals surface area contributed by atoms with E-state index in [1.165, 1.54) is 31.2 Å². The number of aryl methyl sites for hydroxylation is 2. The van der Waals surface area contributed by atoms with Gasteiger partial charge in [0.25, 0.3) is 0 Å². The predicted octanol–water partition coefficient (Wildman–Crippen LogP) is 3.16. The molecule has 2 fully saturated rings. The number of nitrogens with one attached hydrogen (secondary N) is 4. The highest BCUT2D eigenvalue weighted by Crippen LogP contribution is 2.44. The van der Waals surface area contributed by atoms with Crippen molar-refractivity contribution in [1.82, 2.24) is 16.2 Å². The van der Waals surface area contributed by atoms with E-state index in [0.717, 1.165) is 23.1 Å². The largest absolute Gasteiger partial charge is 0.358 e. The van der Waals surface area contributed by atoms with Crippen molar-refractivity contribution < 1.29 is 0 Å². The quantitative estimate of drug-likeness (QED) is 0.487. The van der Waals surface area contributed by atoms with E-state index in [1.807, 2.05) is 6.07 Å². The molecule has 2 aliphatic rings. The molecule has 2 bridgehead atoms. The average molecular weight is 349 g/mol. The molecule has 0 radical (unpaired) electrons. The molecule has 0 saturated heterocycles. The van der Waals surface area contributed by atoms with Crippen molar-refractivity contribution in [3.05, 3.63) is 29.3 Å². The number of benzene rings is 1. The van der Waals surface area contributed by atoms with Gasteiger partial charge in [-0.15, -0.1) is 0 Å². The fourth-order valence-corrected chi connectivity index (χ4v) is 4.21. The normalized spacial score (nSPS) is 25.0. The van der Waals surface area contributed by atoms with Crippen LogP contribution in [0.4, 0.5) is 5.69 Å². The van der Waals surface area contributed by atoms with Gasteiger partial charge in [-0.25, -0.2) is 0 Å². The molecule has 2 saturated carbocycles. The Morgan fingerprint density at radius 3 is 2.48 bits per heavy atom. The minimum atomic E-state index is 0.508. The first-order valence-corrected chi connectivity index (χ1v) is 9.03. The fourth-order valence-electron chi connectivity index (χ4n) is 3.85. The van der Waals surface area contributed by atoms with Crippen LogP contribution in [0.3, 0.4) is 0 Å². The number of fused-ring (bicyclic) bond motifs is 2. The highest BCUT2D eigenvalue weighted by molar-refractivity contribution is 7.80. The smallest absolute Gasteiger partial charge is 0.189 e. The van der Waals surface area contributed by atoms with Crippen LogP contribution in [-0.4, -0.2) is 16.3 Å². The second-order valence-electron chi connectivity index (χ2n) is 6.78. The second kappa shape index (κ2) is 7.01. The SMILES string of the molecule is Cc1ccc(NC(=S)NNC(=S)N[C@@H]2C[C@H]3CC[C@@H]2C3)c(C)c1. The van der Waals surface area contributed by atoms with Gasteiger partial charge in [-0.1, -0.05) is 24.1 Å². The number of hydrogen-bond acceptors (Lipinski definition) is 2. The minimum Gasteiger partial charge on any atom is -0.358 e. The Morgan fingerprint density at radius 2 is 1.83 bits per heavy atom. The third-order valence-electron chi connectivity index (χ3n) is 4.97. The first-order chi connectivity index (χ1) is 11.0. The lowest BCUT2D eigenvalue weighted by molar-refractivity contribution is 0.389. The molecule has 0 unspecified atom stereocenters. The molecule has 3 atom stereocenters. The minimum absolute atomic E-state index is 0.508. The molecule has 0 aromatic heterocycles. The van der Waals surface area contributed by atoms with Crippen LogP contribution < -0.4 is 21.5 Å². The van der Waals surface area contributed by atoms with Crippen LogP contribution in [-0.2, 0) is 0 Å². The van der Waals surface area contributed by atoms with Crippen LogP contribution in [0.5, 0.6) is 0 Å². The molecular formula is C17H24N4S2. The van der Waals surface area contributed by atoms with Gasteiger partial charge in [-0.3, -0.25) is 10.9 Å². The number of hydrogen-bond donors (Lipinski definition) is 4. The van der Waals surface area contributed by atoms with E-state index < -0.39 is 0 Å². The van der Waals surface area contributed by atoms with Crippen LogP contribution in [0.2, 0.25) is 0 Å². The number of anilines is 1. The van der Waals surface area contributed by atoms with E-state index >= 15 is 0 Å². The van der Waals surface area contributed by atoms with E-state index in [2.05, 4.69) is 47.5 Å². The molecular weight excluding hydrogens is 324 g/mol. The van der Waals surface area contributed by atoms with Gasteiger partial charge in [0, 0.05) is 11.7 Å². The molecule has 0 heterocycles. The topological polar surface area (TPSA) is 48.1 Å². The first-order valence-electron chi connectivity index (χ1n) is 8.22. The third kappa shape index (κ3) is 4.12. The predicted molar refractivity (Wildman–Crippen MR) is 103 cm³/mol. The Morgan fingerprint density at radius 1 is 1.04 bits per heavy atom. The Bertz CT molecular complexity index is 617. The van der Waals surface area contributed by atoms with E-state index in [-0.39, 0.29) is 0 Å². The monoisotopic (exact) mass is 348 g/mol. The van der Waals surface area contributed by atoms with Gasteiger partial charge in [0.1, 0.15) is 0 Å². The van der Waals surface area contributed by atoms with E-state index in [1.54, 1.807) is 0 Å². The summed E-state index contributed by atoms with van der Waals surface area (Å²) in [5.41, 5.74) is 9.35. The second-order valence-corrected chi connectivity index (χ2v) is 7.59. The average Bonchev–Trinajstić information content (AvgIpc) is 3.11. The van der Waals surface area contributed by atoms with Gasteiger partial charge < -0.3 is 10.6 Å². The summed E-state index contributed by atoms with van der Waals surface area (Å²) in [6.07, 6.45) is 5.34. The zero-order valence-corrected chi connectivity index (χ0v) is 15.2. The Labute approximate surface area is 148 Å². The Hall–Kier alpha value is -1.40. The van der Waals surface area contributed by atoms with Crippen molar-refractivity contribution in [1.29, 1.82) is 0 Å². The molecule has 0 amide bonds. The summed E-state index contributed by atoms with van der Waals surface area (Å²) in [7, 11) is 0.